The summed E-state index contributed by atoms with van der Waals surface area (Å²) < 4.78 is 28.0. The van der Waals surface area contributed by atoms with Crippen LogP contribution in [-0.2, 0) is 10.0 Å². The van der Waals surface area contributed by atoms with E-state index in [9.17, 15) is 8.42 Å². The second-order valence-electron chi connectivity index (χ2n) is 5.46. The number of fused-ring (bicyclic) bond motifs is 1. The Morgan fingerprint density at radius 3 is 2.85 bits per heavy atom. The summed E-state index contributed by atoms with van der Waals surface area (Å²) >= 11 is 9.27. The van der Waals surface area contributed by atoms with Gasteiger partial charge in [-0.15, -0.1) is 0 Å². The van der Waals surface area contributed by atoms with Gasteiger partial charge in [-0.3, -0.25) is 0 Å². The fraction of sp³-hybridized carbons (Fsp3) is 0.615. The summed E-state index contributed by atoms with van der Waals surface area (Å²) in [6.45, 7) is 0.590. The van der Waals surface area contributed by atoms with Gasteiger partial charge in [-0.2, -0.15) is 4.31 Å². The minimum atomic E-state index is -3.56. The molecule has 1 aromatic heterocycles. The molecular weight excluding hydrogens is 364 g/mol. The molecule has 1 aliphatic carbocycles. The lowest BCUT2D eigenvalue weighted by Gasteiger charge is -2.36. The summed E-state index contributed by atoms with van der Waals surface area (Å²) in [5.74, 6) is 0.511. The minimum absolute atomic E-state index is 0.0494. The smallest absolute Gasteiger partial charge is 0.242 e. The second-order valence-corrected chi connectivity index (χ2v) is 8.59. The van der Waals surface area contributed by atoms with Gasteiger partial charge in [0.1, 0.15) is 10.0 Å². The lowest BCUT2D eigenvalue weighted by molar-refractivity contribution is 0.202. The number of aromatic nitrogens is 1. The van der Waals surface area contributed by atoms with Crippen molar-refractivity contribution < 1.29 is 8.42 Å². The molecule has 2 atom stereocenters. The zero-order valence-electron chi connectivity index (χ0n) is 10.9. The molecule has 0 bridgehead atoms. The molecule has 1 aliphatic heterocycles. The van der Waals surface area contributed by atoms with Gasteiger partial charge < -0.3 is 0 Å². The largest absolute Gasteiger partial charge is 0.246 e. The Balaban J connectivity index is 2.00. The molecule has 1 saturated heterocycles. The van der Waals surface area contributed by atoms with Gasteiger partial charge in [0, 0.05) is 23.3 Å². The van der Waals surface area contributed by atoms with E-state index in [1.807, 2.05) is 0 Å². The molecule has 7 heteroatoms. The van der Waals surface area contributed by atoms with Crippen LogP contribution in [-0.4, -0.2) is 30.3 Å². The van der Waals surface area contributed by atoms with Crippen LogP contribution in [0.4, 0.5) is 0 Å². The first kappa shape index (κ1) is 14.8. The topological polar surface area (TPSA) is 50.3 Å². The Kier molecular flexibility index (Phi) is 4.10. The summed E-state index contributed by atoms with van der Waals surface area (Å²) in [7, 11) is -3.56. The molecule has 2 aliphatic rings. The highest BCUT2D eigenvalue weighted by atomic mass is 79.9. The first-order chi connectivity index (χ1) is 9.50. The number of halogens is 2. The molecule has 3 rings (SSSR count). The molecule has 2 heterocycles. The van der Waals surface area contributed by atoms with Crippen LogP contribution in [0.1, 0.15) is 32.1 Å². The van der Waals surface area contributed by atoms with E-state index >= 15 is 0 Å². The molecule has 0 aromatic carbocycles. The first-order valence-corrected chi connectivity index (χ1v) is 9.44. The molecule has 0 radical (unpaired) electrons. The van der Waals surface area contributed by atoms with Crippen molar-refractivity contribution in [3.05, 3.63) is 21.9 Å². The maximum Gasteiger partial charge on any atom is 0.246 e. The van der Waals surface area contributed by atoms with Crippen molar-refractivity contribution in [1.82, 2.24) is 9.29 Å². The van der Waals surface area contributed by atoms with Crippen molar-refractivity contribution in [2.24, 2.45) is 5.92 Å². The van der Waals surface area contributed by atoms with Gasteiger partial charge in [-0.25, -0.2) is 13.4 Å². The minimum Gasteiger partial charge on any atom is -0.242 e. The van der Waals surface area contributed by atoms with E-state index in [2.05, 4.69) is 20.9 Å². The zero-order chi connectivity index (χ0) is 14.3. The van der Waals surface area contributed by atoms with Gasteiger partial charge in [-0.1, -0.05) is 18.0 Å². The molecule has 110 valence electrons. The Bertz CT molecular complexity index is 623. The third-order valence-corrected chi connectivity index (χ3v) is 7.09. The summed E-state index contributed by atoms with van der Waals surface area (Å²) in [5, 5.41) is 0.0494. The van der Waals surface area contributed by atoms with Gasteiger partial charge in [0.15, 0.2) is 0 Å². The molecule has 1 saturated carbocycles. The summed E-state index contributed by atoms with van der Waals surface area (Å²) in [5.41, 5.74) is 0. The quantitative estimate of drug-likeness (QED) is 0.740. The van der Waals surface area contributed by atoms with Gasteiger partial charge in [0.2, 0.25) is 10.0 Å². The standard InChI is InChI=1S/C13H16BrClN2O2S/c14-10-7-12(13(15)16-8-10)20(18,19)17-6-2-4-9-3-1-5-11(9)17/h7-9,11H,1-6H2. The highest BCUT2D eigenvalue weighted by Crippen LogP contribution is 2.40. The summed E-state index contributed by atoms with van der Waals surface area (Å²) in [6.07, 6.45) is 6.80. The molecule has 0 amide bonds. The Morgan fingerprint density at radius 2 is 2.05 bits per heavy atom. The third kappa shape index (κ3) is 2.51. The van der Waals surface area contributed by atoms with E-state index in [4.69, 9.17) is 11.6 Å². The normalized spacial score (nSPS) is 27.5. The van der Waals surface area contributed by atoms with Crippen LogP contribution in [0.25, 0.3) is 0 Å². The lowest BCUT2D eigenvalue weighted by Crippen LogP contribution is -2.46. The van der Waals surface area contributed by atoms with Gasteiger partial charge in [-0.05, 0) is 53.6 Å². The SMILES string of the molecule is O=S(=O)(c1cc(Br)cnc1Cl)N1CCCC2CCCC21. The predicted octanol–water partition coefficient (Wildman–Crippen LogP) is 3.45. The van der Waals surface area contributed by atoms with Crippen LogP contribution in [0, 0.1) is 5.92 Å². The van der Waals surface area contributed by atoms with E-state index in [1.54, 1.807) is 10.4 Å². The fourth-order valence-electron chi connectivity index (χ4n) is 3.42. The summed E-state index contributed by atoms with van der Waals surface area (Å²) in [6, 6.07) is 1.69. The number of rotatable bonds is 2. The lowest BCUT2D eigenvalue weighted by atomic mass is 9.94. The van der Waals surface area contributed by atoms with Crippen LogP contribution in [0.3, 0.4) is 0 Å². The molecule has 0 spiro atoms. The van der Waals surface area contributed by atoms with E-state index in [0.29, 0.717) is 16.9 Å². The van der Waals surface area contributed by atoms with E-state index in [1.165, 1.54) is 6.20 Å². The maximum absolute atomic E-state index is 12.9. The fourth-order valence-corrected chi connectivity index (χ4v) is 6.09. The van der Waals surface area contributed by atoms with Gasteiger partial charge in [0.25, 0.3) is 0 Å². The average molecular weight is 380 g/mol. The van der Waals surface area contributed by atoms with Crippen LogP contribution >= 0.6 is 27.5 Å². The van der Waals surface area contributed by atoms with E-state index in [0.717, 1.165) is 32.1 Å². The predicted molar refractivity (Wildman–Crippen MR) is 81.2 cm³/mol. The number of hydrogen-bond acceptors (Lipinski definition) is 3. The molecule has 2 fully saturated rings. The van der Waals surface area contributed by atoms with Crippen molar-refractivity contribution in [1.29, 1.82) is 0 Å². The van der Waals surface area contributed by atoms with Crippen LogP contribution in [0.5, 0.6) is 0 Å². The second kappa shape index (κ2) is 5.55. The number of hydrogen-bond donors (Lipinski definition) is 0. The number of pyridine rings is 1. The molecule has 0 N–H and O–H groups in total. The monoisotopic (exact) mass is 378 g/mol. The van der Waals surface area contributed by atoms with Crippen molar-refractivity contribution >= 4 is 37.6 Å². The Hall–Kier alpha value is -0.170. The number of piperidine rings is 1. The highest BCUT2D eigenvalue weighted by Gasteiger charge is 2.42. The van der Waals surface area contributed by atoms with Crippen molar-refractivity contribution in [3.8, 4) is 0 Å². The Morgan fingerprint density at radius 1 is 1.30 bits per heavy atom. The van der Waals surface area contributed by atoms with Crippen molar-refractivity contribution in [2.75, 3.05) is 6.54 Å². The number of sulfonamides is 1. The maximum atomic E-state index is 12.9. The summed E-state index contributed by atoms with van der Waals surface area (Å²) in [4.78, 5) is 4.05. The van der Waals surface area contributed by atoms with Crippen LogP contribution in [0.15, 0.2) is 21.6 Å². The molecule has 4 nitrogen and oxygen atoms in total. The van der Waals surface area contributed by atoms with Gasteiger partial charge >= 0.3 is 0 Å². The number of nitrogens with zero attached hydrogens (tertiary/aromatic N) is 2. The Labute approximate surface area is 132 Å². The van der Waals surface area contributed by atoms with Crippen LogP contribution < -0.4 is 0 Å². The van der Waals surface area contributed by atoms with E-state index in [-0.39, 0.29) is 16.1 Å². The molecule has 2 unspecified atom stereocenters. The average Bonchev–Trinajstić information content (AvgIpc) is 2.89. The molecule has 1 aromatic rings. The van der Waals surface area contributed by atoms with Gasteiger partial charge in [0.05, 0.1) is 0 Å². The van der Waals surface area contributed by atoms with E-state index < -0.39 is 10.0 Å². The first-order valence-electron chi connectivity index (χ1n) is 6.83. The zero-order valence-corrected chi connectivity index (χ0v) is 14.1. The third-order valence-electron chi connectivity index (χ3n) is 4.30. The van der Waals surface area contributed by atoms with Crippen molar-refractivity contribution in [3.63, 3.8) is 0 Å². The highest BCUT2D eigenvalue weighted by molar-refractivity contribution is 9.10. The molecule has 20 heavy (non-hydrogen) atoms. The van der Waals surface area contributed by atoms with Crippen LogP contribution in [0.2, 0.25) is 5.15 Å². The molecular formula is C13H16BrClN2O2S. The van der Waals surface area contributed by atoms with Crippen molar-refractivity contribution in [2.45, 2.75) is 43.0 Å².